The summed E-state index contributed by atoms with van der Waals surface area (Å²) in [6.45, 7) is 2.21. The largest absolute Gasteiger partial charge is 0.459 e. The molecule has 1 atom stereocenters. The fourth-order valence-electron chi connectivity index (χ4n) is 2.04. The average Bonchev–Trinajstić information content (AvgIpc) is 2.87. The van der Waals surface area contributed by atoms with Gasteiger partial charge in [-0.15, -0.1) is 0 Å². The van der Waals surface area contributed by atoms with Gasteiger partial charge in [0, 0.05) is 10.4 Å². The van der Waals surface area contributed by atoms with E-state index in [4.69, 9.17) is 21.8 Å². The van der Waals surface area contributed by atoms with Gasteiger partial charge < -0.3 is 10.2 Å². The van der Waals surface area contributed by atoms with Crippen molar-refractivity contribution in [2.45, 2.75) is 25.8 Å². The summed E-state index contributed by atoms with van der Waals surface area (Å²) in [5.41, 5.74) is 7.30. The molecule has 1 aliphatic rings. The van der Waals surface area contributed by atoms with Gasteiger partial charge in [-0.2, -0.15) is 0 Å². The highest BCUT2D eigenvalue weighted by molar-refractivity contribution is 6.31. The lowest BCUT2D eigenvalue weighted by Crippen LogP contribution is -2.19. The van der Waals surface area contributed by atoms with Gasteiger partial charge in [0.05, 0.1) is 6.04 Å². The Kier molecular flexibility index (Phi) is 2.07. The van der Waals surface area contributed by atoms with Crippen LogP contribution >= 0.6 is 11.6 Å². The second-order valence-electron chi connectivity index (χ2n) is 4.96. The molecule has 3 rings (SSSR count). The lowest BCUT2D eigenvalue weighted by Gasteiger charge is -2.15. The Morgan fingerprint density at radius 1 is 1.38 bits per heavy atom. The zero-order chi connectivity index (χ0) is 11.3. The zero-order valence-electron chi connectivity index (χ0n) is 9.16. The van der Waals surface area contributed by atoms with Gasteiger partial charge in [0.2, 0.25) is 0 Å². The lowest BCUT2D eigenvalue weighted by atomic mass is 9.97. The molecular formula is C13H14ClNO. The molecule has 2 N–H and O–H groups in total. The number of benzene rings is 1. The van der Waals surface area contributed by atoms with Gasteiger partial charge in [-0.05, 0) is 42.5 Å². The van der Waals surface area contributed by atoms with Crippen molar-refractivity contribution in [2.75, 3.05) is 0 Å². The van der Waals surface area contributed by atoms with E-state index in [-0.39, 0.29) is 11.5 Å². The molecule has 16 heavy (non-hydrogen) atoms. The highest BCUT2D eigenvalue weighted by Crippen LogP contribution is 2.53. The quantitative estimate of drug-likeness (QED) is 0.858. The molecule has 1 aromatic heterocycles. The van der Waals surface area contributed by atoms with E-state index in [9.17, 15) is 0 Å². The first-order valence-electron chi connectivity index (χ1n) is 5.53. The van der Waals surface area contributed by atoms with Crippen LogP contribution in [0.25, 0.3) is 11.0 Å². The normalized spacial score (nSPS) is 19.9. The summed E-state index contributed by atoms with van der Waals surface area (Å²) in [5, 5.41) is 1.76. The van der Waals surface area contributed by atoms with E-state index < -0.39 is 0 Å². The molecule has 1 fully saturated rings. The molecule has 2 nitrogen and oxygen atoms in total. The van der Waals surface area contributed by atoms with Crippen LogP contribution in [0.15, 0.2) is 28.7 Å². The van der Waals surface area contributed by atoms with Crippen LogP contribution < -0.4 is 5.73 Å². The zero-order valence-corrected chi connectivity index (χ0v) is 9.92. The van der Waals surface area contributed by atoms with Gasteiger partial charge in [-0.25, -0.2) is 0 Å². The van der Waals surface area contributed by atoms with Crippen molar-refractivity contribution in [2.24, 2.45) is 11.1 Å². The number of fused-ring (bicyclic) bond motifs is 1. The van der Waals surface area contributed by atoms with E-state index in [1.165, 1.54) is 12.8 Å². The maximum Gasteiger partial charge on any atom is 0.134 e. The molecule has 1 saturated carbocycles. The summed E-state index contributed by atoms with van der Waals surface area (Å²) in [6, 6.07) is 7.64. The van der Waals surface area contributed by atoms with Gasteiger partial charge in [-0.3, -0.25) is 0 Å². The van der Waals surface area contributed by atoms with E-state index in [2.05, 4.69) is 6.92 Å². The van der Waals surface area contributed by atoms with Crippen LogP contribution in [0.4, 0.5) is 0 Å². The topological polar surface area (TPSA) is 39.2 Å². The fourth-order valence-corrected chi connectivity index (χ4v) is 2.22. The molecule has 0 aliphatic heterocycles. The van der Waals surface area contributed by atoms with Crippen LogP contribution in [-0.4, -0.2) is 0 Å². The van der Waals surface area contributed by atoms with E-state index in [0.29, 0.717) is 0 Å². The molecular weight excluding hydrogens is 222 g/mol. The van der Waals surface area contributed by atoms with Gasteiger partial charge in [0.1, 0.15) is 11.3 Å². The number of halogens is 1. The fraction of sp³-hybridized carbons (Fsp3) is 0.385. The summed E-state index contributed by atoms with van der Waals surface area (Å²) in [5.74, 6) is 0.872. The molecule has 2 aromatic rings. The Hall–Kier alpha value is -0.990. The third-order valence-corrected chi connectivity index (χ3v) is 3.83. The molecule has 1 aromatic carbocycles. The molecule has 0 radical (unpaired) electrons. The van der Waals surface area contributed by atoms with Crippen molar-refractivity contribution in [3.63, 3.8) is 0 Å². The van der Waals surface area contributed by atoms with Crippen LogP contribution in [-0.2, 0) is 0 Å². The van der Waals surface area contributed by atoms with Crippen LogP contribution in [0.2, 0.25) is 5.02 Å². The highest BCUT2D eigenvalue weighted by Gasteiger charge is 2.45. The second kappa shape index (κ2) is 3.25. The Labute approximate surface area is 99.4 Å². The molecule has 1 heterocycles. The summed E-state index contributed by atoms with van der Waals surface area (Å²) >= 11 is 5.94. The van der Waals surface area contributed by atoms with Crippen molar-refractivity contribution in [3.8, 4) is 0 Å². The smallest absolute Gasteiger partial charge is 0.134 e. The van der Waals surface area contributed by atoms with Gasteiger partial charge in [0.15, 0.2) is 0 Å². The summed E-state index contributed by atoms with van der Waals surface area (Å²) in [4.78, 5) is 0. The minimum absolute atomic E-state index is 0.00123. The van der Waals surface area contributed by atoms with E-state index in [0.717, 1.165) is 21.8 Å². The van der Waals surface area contributed by atoms with Crippen molar-refractivity contribution in [1.82, 2.24) is 0 Å². The van der Waals surface area contributed by atoms with Crippen LogP contribution in [0, 0.1) is 5.41 Å². The SMILES string of the molecule is CC1(C(N)c2cc3cc(Cl)ccc3o2)CC1. The molecule has 0 amide bonds. The number of rotatable bonds is 2. The molecule has 1 aliphatic carbocycles. The molecule has 0 saturated heterocycles. The lowest BCUT2D eigenvalue weighted by molar-refractivity contribution is 0.379. The number of nitrogens with two attached hydrogens (primary N) is 1. The molecule has 1 unspecified atom stereocenters. The van der Waals surface area contributed by atoms with Crippen molar-refractivity contribution >= 4 is 22.6 Å². The first-order chi connectivity index (χ1) is 7.58. The third-order valence-electron chi connectivity index (χ3n) is 3.59. The summed E-state index contributed by atoms with van der Waals surface area (Å²) in [7, 11) is 0. The molecule has 0 spiro atoms. The first kappa shape index (κ1) is 10.2. The maximum atomic E-state index is 6.21. The molecule has 3 heteroatoms. The minimum atomic E-state index is -0.00123. The summed E-state index contributed by atoms with van der Waals surface area (Å²) < 4.78 is 5.77. The highest BCUT2D eigenvalue weighted by atomic mass is 35.5. The van der Waals surface area contributed by atoms with Crippen LogP contribution in [0.3, 0.4) is 0 Å². The predicted octanol–water partition coefficient (Wildman–Crippen LogP) is 3.89. The van der Waals surface area contributed by atoms with Gasteiger partial charge in [-0.1, -0.05) is 18.5 Å². The predicted molar refractivity (Wildman–Crippen MR) is 65.5 cm³/mol. The van der Waals surface area contributed by atoms with Gasteiger partial charge >= 0.3 is 0 Å². The van der Waals surface area contributed by atoms with Crippen molar-refractivity contribution in [3.05, 3.63) is 35.0 Å². The third kappa shape index (κ3) is 1.53. The van der Waals surface area contributed by atoms with Crippen LogP contribution in [0.1, 0.15) is 31.6 Å². The Balaban J connectivity index is 2.05. The average molecular weight is 236 g/mol. The standard InChI is InChI=1S/C13H14ClNO/c1-13(4-5-13)12(15)11-7-8-6-9(14)2-3-10(8)16-11/h2-3,6-7,12H,4-5,15H2,1H3. The van der Waals surface area contributed by atoms with E-state index in [1.807, 2.05) is 24.3 Å². The Morgan fingerprint density at radius 3 is 2.81 bits per heavy atom. The Morgan fingerprint density at radius 2 is 2.12 bits per heavy atom. The maximum absolute atomic E-state index is 6.21. The summed E-state index contributed by atoms with van der Waals surface area (Å²) in [6.07, 6.45) is 2.37. The molecule has 84 valence electrons. The number of furan rings is 1. The van der Waals surface area contributed by atoms with Gasteiger partial charge in [0.25, 0.3) is 0 Å². The molecule has 0 bridgehead atoms. The van der Waals surface area contributed by atoms with E-state index >= 15 is 0 Å². The number of hydrogen-bond donors (Lipinski definition) is 1. The van der Waals surface area contributed by atoms with E-state index in [1.54, 1.807) is 0 Å². The second-order valence-corrected chi connectivity index (χ2v) is 5.40. The van der Waals surface area contributed by atoms with Crippen LogP contribution in [0.5, 0.6) is 0 Å². The van der Waals surface area contributed by atoms with Crippen molar-refractivity contribution < 1.29 is 4.42 Å². The van der Waals surface area contributed by atoms with Crippen molar-refractivity contribution in [1.29, 1.82) is 0 Å². The number of hydrogen-bond acceptors (Lipinski definition) is 2. The Bertz CT molecular complexity index is 542. The first-order valence-corrected chi connectivity index (χ1v) is 5.91. The minimum Gasteiger partial charge on any atom is -0.459 e. The monoisotopic (exact) mass is 235 g/mol.